The molecular formula is C22H18F3N5O3S. The first-order valence-electron chi connectivity index (χ1n) is 9.86. The highest BCUT2D eigenvalue weighted by Crippen LogP contribution is 2.33. The van der Waals surface area contributed by atoms with Crippen LogP contribution in [0.1, 0.15) is 16.1 Å². The minimum Gasteiger partial charge on any atom is -0.460 e. The molecule has 2 heterocycles. The van der Waals surface area contributed by atoms with Gasteiger partial charge in [-0.1, -0.05) is 6.07 Å². The summed E-state index contributed by atoms with van der Waals surface area (Å²) in [5.41, 5.74) is -2.71. The van der Waals surface area contributed by atoms with Gasteiger partial charge in [-0.25, -0.2) is 4.98 Å². The summed E-state index contributed by atoms with van der Waals surface area (Å²) in [6.45, 7) is 1.71. The van der Waals surface area contributed by atoms with Crippen molar-refractivity contribution in [1.29, 1.82) is 0 Å². The number of benzene rings is 2. The van der Waals surface area contributed by atoms with Crippen LogP contribution >= 0.6 is 11.9 Å². The molecule has 176 valence electrons. The molecule has 0 saturated heterocycles. The molecule has 4 rings (SSSR count). The molecule has 2 aromatic heterocycles. The number of hydrogen-bond acceptors (Lipinski definition) is 8. The number of fused-ring (bicyclic) bond motifs is 1. The second kappa shape index (κ2) is 9.51. The summed E-state index contributed by atoms with van der Waals surface area (Å²) in [6.07, 6.45) is 1.48. The number of halogens is 3. The molecule has 4 aromatic rings. The number of anilines is 3. The van der Waals surface area contributed by atoms with Gasteiger partial charge in [-0.2, -0.15) is 18.2 Å². The molecule has 0 unspecified atom stereocenters. The number of amides is 1. The van der Waals surface area contributed by atoms with Crippen LogP contribution < -0.4 is 20.1 Å². The Kier molecular flexibility index (Phi) is 6.50. The molecule has 0 aliphatic rings. The quantitative estimate of drug-likeness (QED) is 0.272. The Morgan fingerprint density at radius 2 is 1.91 bits per heavy atom. The molecule has 3 N–H and O–H groups in total. The van der Waals surface area contributed by atoms with Gasteiger partial charge >= 0.3 is 5.51 Å². The summed E-state index contributed by atoms with van der Waals surface area (Å²) >= 11 is -0.348. The van der Waals surface area contributed by atoms with E-state index < -0.39 is 5.51 Å². The Morgan fingerprint density at radius 3 is 2.68 bits per heavy atom. The summed E-state index contributed by atoms with van der Waals surface area (Å²) in [5, 5.41) is 6.18. The van der Waals surface area contributed by atoms with E-state index in [9.17, 15) is 18.0 Å². The molecular weight excluding hydrogens is 471 g/mol. The van der Waals surface area contributed by atoms with Crippen molar-refractivity contribution in [3.63, 3.8) is 0 Å². The minimum absolute atomic E-state index is 0.190. The molecule has 2 aromatic carbocycles. The highest BCUT2D eigenvalue weighted by Gasteiger charge is 2.28. The molecule has 0 aliphatic carbocycles. The maximum absolute atomic E-state index is 12.4. The summed E-state index contributed by atoms with van der Waals surface area (Å²) in [4.78, 5) is 20.5. The molecule has 0 fully saturated rings. The van der Waals surface area contributed by atoms with Gasteiger partial charge in [0, 0.05) is 42.1 Å². The Morgan fingerprint density at radius 1 is 1.12 bits per heavy atom. The van der Waals surface area contributed by atoms with Crippen LogP contribution in [0.15, 0.2) is 59.1 Å². The van der Waals surface area contributed by atoms with E-state index in [-0.39, 0.29) is 35.4 Å². The average molecular weight is 489 g/mol. The van der Waals surface area contributed by atoms with Gasteiger partial charge in [-0.3, -0.25) is 4.79 Å². The first-order chi connectivity index (χ1) is 16.2. The maximum Gasteiger partial charge on any atom is 0.461 e. The molecule has 0 aliphatic heterocycles. The van der Waals surface area contributed by atoms with Crippen LogP contribution in [0.5, 0.6) is 11.6 Å². The van der Waals surface area contributed by atoms with E-state index in [0.29, 0.717) is 33.7 Å². The third-order valence-corrected chi connectivity index (χ3v) is 5.12. The standard InChI is InChI=1S/C22H18F3N5O3S/c1-12-19(20(31)26-2)16-7-6-15(11-17(16)32-12)33-18-8-9-27-21(29-18)28-13-4-3-5-14(10-13)30-34-22(23,24)25/h3-11,30H,1-2H3,(H,26,31)(H,27,28,29). The lowest BCUT2D eigenvalue weighted by molar-refractivity contribution is -0.0323. The number of nitrogens with zero attached hydrogens (tertiary/aromatic N) is 2. The lowest BCUT2D eigenvalue weighted by atomic mass is 10.1. The van der Waals surface area contributed by atoms with Gasteiger partial charge in [0.2, 0.25) is 11.8 Å². The van der Waals surface area contributed by atoms with Gasteiger partial charge in [-0.15, -0.1) is 0 Å². The van der Waals surface area contributed by atoms with E-state index in [1.165, 1.54) is 18.3 Å². The number of hydrogen-bond donors (Lipinski definition) is 3. The van der Waals surface area contributed by atoms with Crippen molar-refractivity contribution >= 4 is 46.1 Å². The van der Waals surface area contributed by atoms with Crippen molar-refractivity contribution < 1.29 is 27.1 Å². The summed E-state index contributed by atoms with van der Waals surface area (Å²) in [7, 11) is 1.55. The van der Waals surface area contributed by atoms with Gasteiger partial charge in [0.05, 0.1) is 17.5 Å². The molecule has 0 atom stereocenters. The van der Waals surface area contributed by atoms with Crippen molar-refractivity contribution in [2.75, 3.05) is 17.1 Å². The summed E-state index contributed by atoms with van der Waals surface area (Å²) in [5.74, 6) is 1.10. The van der Waals surface area contributed by atoms with Crippen molar-refractivity contribution in [1.82, 2.24) is 15.3 Å². The van der Waals surface area contributed by atoms with E-state index >= 15 is 0 Å². The SMILES string of the molecule is CNC(=O)c1c(C)oc2cc(Oc3ccnc(Nc4cccc(NSC(F)(F)F)c4)n3)ccc12. The van der Waals surface area contributed by atoms with Crippen LogP contribution in [0, 0.1) is 6.92 Å². The Labute approximate surface area is 196 Å². The zero-order chi connectivity index (χ0) is 24.3. The molecule has 34 heavy (non-hydrogen) atoms. The largest absolute Gasteiger partial charge is 0.461 e. The maximum atomic E-state index is 12.4. The van der Waals surface area contributed by atoms with Gasteiger partial charge in [0.15, 0.2) is 0 Å². The topological polar surface area (TPSA) is 101 Å². The molecule has 0 bridgehead atoms. The zero-order valence-electron chi connectivity index (χ0n) is 17.9. The molecule has 0 spiro atoms. The highest BCUT2D eigenvalue weighted by molar-refractivity contribution is 8.01. The van der Waals surface area contributed by atoms with E-state index in [1.807, 2.05) is 0 Å². The lowest BCUT2D eigenvalue weighted by Gasteiger charge is -2.11. The zero-order valence-corrected chi connectivity index (χ0v) is 18.7. The number of ether oxygens (including phenoxy) is 1. The first-order valence-corrected chi connectivity index (χ1v) is 10.7. The van der Waals surface area contributed by atoms with Crippen molar-refractivity contribution in [3.05, 3.63) is 66.1 Å². The van der Waals surface area contributed by atoms with E-state index in [1.54, 1.807) is 50.4 Å². The first kappa shape index (κ1) is 23.2. The molecule has 0 radical (unpaired) electrons. The van der Waals surface area contributed by atoms with Crippen LogP contribution in [0.4, 0.5) is 30.5 Å². The van der Waals surface area contributed by atoms with Crippen molar-refractivity contribution in [2.45, 2.75) is 12.4 Å². The predicted octanol–water partition coefficient (Wildman–Crippen LogP) is 6.01. The van der Waals surface area contributed by atoms with Gasteiger partial charge in [0.25, 0.3) is 5.91 Å². The number of rotatable bonds is 7. The number of carbonyl (C=O) groups is 1. The smallest absolute Gasteiger partial charge is 0.460 e. The van der Waals surface area contributed by atoms with Gasteiger partial charge < -0.3 is 24.5 Å². The van der Waals surface area contributed by atoms with Crippen LogP contribution in [-0.2, 0) is 0 Å². The molecule has 8 nitrogen and oxygen atoms in total. The fraction of sp³-hybridized carbons (Fsp3) is 0.136. The molecule has 0 saturated carbocycles. The normalized spacial score (nSPS) is 11.3. The predicted molar refractivity (Wildman–Crippen MR) is 123 cm³/mol. The van der Waals surface area contributed by atoms with Gasteiger partial charge in [-0.05, 0) is 37.3 Å². The van der Waals surface area contributed by atoms with E-state index in [4.69, 9.17) is 9.15 Å². The fourth-order valence-corrected chi connectivity index (χ4v) is 3.52. The number of furan rings is 1. The Balaban J connectivity index is 1.49. The number of aryl methyl sites for hydroxylation is 1. The summed E-state index contributed by atoms with van der Waals surface area (Å²) in [6, 6.07) is 12.9. The average Bonchev–Trinajstić information content (AvgIpc) is 3.12. The second-order valence-electron chi connectivity index (χ2n) is 6.95. The number of aromatic nitrogens is 2. The Bertz CT molecular complexity index is 1340. The van der Waals surface area contributed by atoms with Crippen molar-refractivity contribution in [2.24, 2.45) is 0 Å². The van der Waals surface area contributed by atoms with Crippen LogP contribution in [0.25, 0.3) is 11.0 Å². The molecule has 1 amide bonds. The number of nitrogens with one attached hydrogen (secondary N) is 3. The van der Waals surface area contributed by atoms with Crippen LogP contribution in [0.3, 0.4) is 0 Å². The number of alkyl halides is 3. The number of carbonyl (C=O) groups excluding carboxylic acids is 1. The fourth-order valence-electron chi connectivity index (χ4n) is 3.16. The summed E-state index contributed by atoms with van der Waals surface area (Å²) < 4.78 is 50.9. The van der Waals surface area contributed by atoms with Crippen molar-refractivity contribution in [3.8, 4) is 11.6 Å². The third kappa shape index (κ3) is 5.52. The second-order valence-corrected chi connectivity index (χ2v) is 7.82. The monoisotopic (exact) mass is 489 g/mol. The minimum atomic E-state index is -4.40. The van der Waals surface area contributed by atoms with Crippen LogP contribution in [0.2, 0.25) is 0 Å². The lowest BCUT2D eigenvalue weighted by Crippen LogP contribution is -2.18. The highest BCUT2D eigenvalue weighted by atomic mass is 32.2. The third-order valence-electron chi connectivity index (χ3n) is 4.55. The van der Waals surface area contributed by atoms with Gasteiger partial charge in [0.1, 0.15) is 17.1 Å². The Hall–Kier alpha value is -3.93. The molecule has 12 heteroatoms. The van der Waals surface area contributed by atoms with E-state index in [2.05, 4.69) is 25.3 Å². The van der Waals surface area contributed by atoms with Crippen LogP contribution in [-0.4, -0.2) is 28.4 Å². The van der Waals surface area contributed by atoms with E-state index in [0.717, 1.165) is 0 Å².